The minimum Gasteiger partial charge on any atom is -0.387 e. The van der Waals surface area contributed by atoms with E-state index in [0.29, 0.717) is 5.39 Å². The second kappa shape index (κ2) is 9.06. The number of fused-ring (bicyclic) bond motifs is 1. The first-order chi connectivity index (χ1) is 15.1. The van der Waals surface area contributed by atoms with Crippen molar-refractivity contribution in [3.63, 3.8) is 0 Å². The van der Waals surface area contributed by atoms with Crippen molar-refractivity contribution in [1.29, 1.82) is 0 Å². The van der Waals surface area contributed by atoms with Crippen LogP contribution < -0.4 is 5.73 Å². The Morgan fingerprint density at radius 1 is 1.18 bits per heavy atom. The fraction of sp³-hybridized carbons (Fsp3) is 0.538. The van der Waals surface area contributed by atoms with Crippen LogP contribution in [0.3, 0.4) is 0 Å². The second-order valence-electron chi connectivity index (χ2n) is 6.92. The molecule has 2 unspecified atom stereocenters. The van der Waals surface area contributed by atoms with Gasteiger partial charge in [-0.3, -0.25) is 4.52 Å². The Kier molecular flexibility index (Phi) is 7.22. The lowest BCUT2D eigenvalue weighted by molar-refractivity contribution is -0.109. The van der Waals surface area contributed by atoms with Crippen molar-refractivity contribution >= 4 is 40.3 Å². The summed E-state index contributed by atoms with van der Waals surface area (Å²) in [5, 5.41) is 22.1. The number of anilines is 1. The molecule has 1 saturated heterocycles. The van der Waals surface area contributed by atoms with Crippen molar-refractivity contribution in [1.82, 2.24) is 14.5 Å². The molecule has 8 N–H and O–H groups in total. The molecule has 17 nitrogen and oxygen atoms in total. The molecule has 0 aliphatic carbocycles. The number of nitrogen functional groups attached to an aromatic ring is 1. The van der Waals surface area contributed by atoms with Gasteiger partial charge in [-0.25, -0.2) is 23.7 Å². The molecule has 1 fully saturated rings. The SMILES string of the molecule is CC[C@@]1(O)[C@H](O)[C@@H](COP(=O)(O)OP(=O)(O)OP(=O)(O)O)O[C@H]1n1ccc2c(N)ncnc21. The van der Waals surface area contributed by atoms with E-state index >= 15 is 0 Å². The van der Waals surface area contributed by atoms with E-state index in [9.17, 15) is 33.7 Å². The molecule has 33 heavy (non-hydrogen) atoms. The Labute approximate surface area is 185 Å². The van der Waals surface area contributed by atoms with E-state index in [1.807, 2.05) is 0 Å². The molecule has 3 heterocycles. The van der Waals surface area contributed by atoms with Crippen LogP contribution in [0.1, 0.15) is 19.6 Å². The molecule has 1 aliphatic rings. The van der Waals surface area contributed by atoms with Gasteiger partial charge in [-0.1, -0.05) is 6.92 Å². The zero-order chi connectivity index (χ0) is 24.8. The maximum atomic E-state index is 11.9. The number of aromatic nitrogens is 3. The smallest absolute Gasteiger partial charge is 0.387 e. The van der Waals surface area contributed by atoms with Gasteiger partial charge < -0.3 is 44.8 Å². The van der Waals surface area contributed by atoms with Gasteiger partial charge in [-0.05, 0) is 12.5 Å². The van der Waals surface area contributed by atoms with E-state index in [0.717, 1.165) is 0 Å². The molecule has 20 heteroatoms. The highest BCUT2D eigenvalue weighted by Gasteiger charge is 2.56. The van der Waals surface area contributed by atoms with Crippen LogP contribution in [-0.4, -0.2) is 68.7 Å². The molecule has 3 rings (SSSR count). The topological polar surface area (TPSA) is 266 Å². The van der Waals surface area contributed by atoms with Gasteiger partial charge in [-0.2, -0.15) is 8.62 Å². The summed E-state index contributed by atoms with van der Waals surface area (Å²) in [6, 6.07) is 1.55. The molecule has 0 aromatic carbocycles. The molecule has 186 valence electrons. The third-order valence-corrected chi connectivity index (χ3v) is 8.58. The summed E-state index contributed by atoms with van der Waals surface area (Å²) in [5.74, 6) is 0.154. The van der Waals surface area contributed by atoms with Crippen molar-refractivity contribution in [3.05, 3.63) is 18.6 Å². The number of rotatable bonds is 9. The van der Waals surface area contributed by atoms with E-state index < -0.39 is 54.1 Å². The van der Waals surface area contributed by atoms with Crippen molar-refractivity contribution in [3.8, 4) is 0 Å². The average molecular weight is 534 g/mol. The van der Waals surface area contributed by atoms with E-state index in [1.54, 1.807) is 13.0 Å². The standard InChI is InChI=1S/C13H21N4O13P3/c1-2-13(19)9(18)8(5-27-32(23,24)30-33(25,26)29-31(20,21)22)28-12(13)17-4-3-7-10(14)15-6-16-11(7)17/h3-4,6,8-9,12,18-19H,2,5H2,1H3,(H,23,24)(H,25,26)(H2,14,15,16)(H2,20,21,22)/t8-,9-,12-,13-/m1/s1. The number of hydrogen-bond donors (Lipinski definition) is 7. The summed E-state index contributed by atoms with van der Waals surface area (Å²) < 4.78 is 52.8. The zero-order valence-electron chi connectivity index (χ0n) is 16.7. The largest absolute Gasteiger partial charge is 0.490 e. The molecular formula is C13H21N4O13P3. The van der Waals surface area contributed by atoms with Crippen molar-refractivity contribution in [2.75, 3.05) is 12.3 Å². The zero-order valence-corrected chi connectivity index (χ0v) is 19.4. The number of nitrogens with zero attached hydrogens (tertiary/aromatic N) is 3. The fourth-order valence-electron chi connectivity index (χ4n) is 3.30. The van der Waals surface area contributed by atoms with Crippen LogP contribution in [0.15, 0.2) is 18.6 Å². The molecule has 0 radical (unpaired) electrons. The minimum atomic E-state index is -5.71. The Morgan fingerprint density at radius 2 is 1.85 bits per heavy atom. The maximum Gasteiger partial charge on any atom is 0.490 e. The van der Waals surface area contributed by atoms with Crippen molar-refractivity contribution in [2.45, 2.75) is 37.4 Å². The second-order valence-corrected chi connectivity index (χ2v) is 11.3. The lowest BCUT2D eigenvalue weighted by Gasteiger charge is -2.30. The molecule has 2 aromatic rings. The van der Waals surface area contributed by atoms with E-state index in [-0.39, 0.29) is 17.9 Å². The highest BCUT2D eigenvalue weighted by atomic mass is 31.3. The van der Waals surface area contributed by atoms with Crippen LogP contribution in [0.2, 0.25) is 0 Å². The minimum absolute atomic E-state index is 0.0508. The van der Waals surface area contributed by atoms with Gasteiger partial charge >= 0.3 is 23.5 Å². The van der Waals surface area contributed by atoms with Crippen LogP contribution >= 0.6 is 23.5 Å². The summed E-state index contributed by atoms with van der Waals surface area (Å²) in [6.45, 7) is 0.597. The van der Waals surface area contributed by atoms with E-state index in [4.69, 9.17) is 20.3 Å². The maximum absolute atomic E-state index is 11.9. The van der Waals surface area contributed by atoms with Gasteiger partial charge in [0, 0.05) is 6.20 Å². The normalized spacial score (nSPS) is 29.7. The third kappa shape index (κ3) is 5.69. The predicted molar refractivity (Wildman–Crippen MR) is 107 cm³/mol. The molecule has 0 saturated carbocycles. The molecule has 0 bridgehead atoms. The van der Waals surface area contributed by atoms with E-state index in [2.05, 4.69) is 23.1 Å². The molecule has 2 aromatic heterocycles. The van der Waals surface area contributed by atoms with Crippen LogP contribution in [0, 0.1) is 0 Å². The molecular weight excluding hydrogens is 513 g/mol. The fourth-order valence-corrected chi connectivity index (χ4v) is 6.33. The summed E-state index contributed by atoms with van der Waals surface area (Å²) >= 11 is 0. The van der Waals surface area contributed by atoms with Crippen LogP contribution in [0.5, 0.6) is 0 Å². The highest BCUT2D eigenvalue weighted by molar-refractivity contribution is 7.66. The van der Waals surface area contributed by atoms with Gasteiger partial charge in [0.15, 0.2) is 6.23 Å². The van der Waals surface area contributed by atoms with Crippen molar-refractivity contribution < 1.29 is 61.4 Å². The first-order valence-electron chi connectivity index (χ1n) is 9.00. The van der Waals surface area contributed by atoms with Crippen LogP contribution in [0.4, 0.5) is 5.82 Å². The quantitative estimate of drug-likeness (QED) is 0.204. The number of hydrogen-bond acceptors (Lipinski definition) is 12. The van der Waals surface area contributed by atoms with E-state index in [1.165, 1.54) is 17.1 Å². The number of ether oxygens (including phenoxy) is 1. The van der Waals surface area contributed by atoms with Gasteiger partial charge in [0.25, 0.3) is 0 Å². The Bertz CT molecular complexity index is 1170. The average Bonchev–Trinajstić information content (AvgIpc) is 3.18. The summed E-state index contributed by atoms with van der Waals surface area (Å²) in [5.41, 5.74) is 4.12. The number of phosphoric ester groups is 1. The Hall–Kier alpha value is -1.29. The summed E-state index contributed by atoms with van der Waals surface area (Å²) in [6.07, 6.45) is -1.81. The lowest BCUT2D eigenvalue weighted by Crippen LogP contribution is -2.46. The molecule has 6 atom stereocenters. The monoisotopic (exact) mass is 534 g/mol. The number of aliphatic hydroxyl groups is 2. The van der Waals surface area contributed by atoms with Gasteiger partial charge in [0.2, 0.25) is 0 Å². The third-order valence-electron chi connectivity index (χ3n) is 4.77. The highest BCUT2D eigenvalue weighted by Crippen LogP contribution is 2.66. The first kappa shape index (κ1) is 26.3. The Balaban J connectivity index is 1.78. The molecule has 0 amide bonds. The van der Waals surface area contributed by atoms with Gasteiger partial charge in [-0.15, -0.1) is 0 Å². The Morgan fingerprint density at radius 3 is 2.45 bits per heavy atom. The first-order valence-corrected chi connectivity index (χ1v) is 13.5. The van der Waals surface area contributed by atoms with Gasteiger partial charge in [0.05, 0.1) is 12.0 Å². The van der Waals surface area contributed by atoms with Crippen LogP contribution in [-0.2, 0) is 31.6 Å². The van der Waals surface area contributed by atoms with Crippen molar-refractivity contribution in [2.24, 2.45) is 0 Å². The number of nitrogens with two attached hydrogens (primary N) is 1. The lowest BCUT2D eigenvalue weighted by atomic mass is 9.91. The van der Waals surface area contributed by atoms with Crippen LogP contribution in [0.25, 0.3) is 11.0 Å². The van der Waals surface area contributed by atoms with Gasteiger partial charge in [0.1, 0.15) is 35.6 Å². The molecule has 1 aliphatic heterocycles. The molecule has 0 spiro atoms. The predicted octanol–water partition coefficient (Wildman–Crippen LogP) is -0.244. The number of phosphoric acid groups is 3. The summed E-state index contributed by atoms with van der Waals surface area (Å²) in [4.78, 5) is 43.8. The summed E-state index contributed by atoms with van der Waals surface area (Å²) in [7, 11) is -16.7. The number of aliphatic hydroxyl groups excluding tert-OH is 1.